The lowest BCUT2D eigenvalue weighted by Gasteiger charge is -2.26. The summed E-state index contributed by atoms with van der Waals surface area (Å²) in [6.45, 7) is 0. The van der Waals surface area contributed by atoms with E-state index in [0.717, 1.165) is 60.5 Å². The number of nitrogens with zero attached hydrogens (tertiary/aromatic N) is 2. The summed E-state index contributed by atoms with van der Waals surface area (Å²) in [6, 6.07) is 65.1. The zero-order valence-electron chi connectivity index (χ0n) is 28.5. The molecule has 248 valence electrons. The molecule has 0 amide bonds. The molecule has 0 aliphatic heterocycles. The second kappa shape index (κ2) is 11.9. The normalized spacial score (nSPS) is 11.8. The van der Waals surface area contributed by atoms with E-state index in [2.05, 4.69) is 175 Å². The first-order valence-electron chi connectivity index (χ1n) is 17.9. The average Bonchev–Trinajstić information content (AvgIpc) is 3.84. The third-order valence-corrected chi connectivity index (χ3v) is 11.6. The number of hydrogen-bond acceptors (Lipinski definition) is 4. The van der Waals surface area contributed by atoms with Gasteiger partial charge in [0.1, 0.15) is 16.2 Å². The van der Waals surface area contributed by atoms with Crippen LogP contribution in [-0.2, 0) is 0 Å². The summed E-state index contributed by atoms with van der Waals surface area (Å²) >= 11 is 1.76. The Kier molecular flexibility index (Phi) is 6.73. The Morgan fingerprint density at radius 3 is 1.91 bits per heavy atom. The monoisotopic (exact) mass is 694 g/mol. The molecule has 2 aromatic heterocycles. The third-order valence-electron chi connectivity index (χ3n) is 10.5. The molecule has 9 aromatic carbocycles. The fourth-order valence-corrected chi connectivity index (χ4v) is 9.00. The van der Waals surface area contributed by atoms with Crippen molar-refractivity contribution in [3.05, 3.63) is 182 Å². The number of para-hydroxylation sites is 1. The maximum Gasteiger partial charge on any atom is 0.135 e. The summed E-state index contributed by atoms with van der Waals surface area (Å²) in [5, 5.41) is 10.5. The number of hydrogen-bond donors (Lipinski definition) is 0. The molecule has 2 heterocycles. The van der Waals surface area contributed by atoms with Crippen molar-refractivity contribution in [1.29, 1.82) is 0 Å². The number of anilines is 3. The Bertz CT molecular complexity index is 3180. The van der Waals surface area contributed by atoms with Crippen molar-refractivity contribution < 1.29 is 4.42 Å². The highest BCUT2D eigenvalue weighted by Gasteiger charge is 2.19. The fraction of sp³-hybridized carbons (Fsp3) is 0. The molecule has 0 saturated heterocycles. The highest BCUT2D eigenvalue weighted by atomic mass is 32.1. The van der Waals surface area contributed by atoms with Crippen molar-refractivity contribution in [2.75, 3.05) is 4.90 Å². The lowest BCUT2D eigenvalue weighted by molar-refractivity contribution is 0.669. The average molecular weight is 695 g/mol. The number of furan rings is 1. The highest BCUT2D eigenvalue weighted by molar-refractivity contribution is 7.22. The van der Waals surface area contributed by atoms with E-state index < -0.39 is 0 Å². The first kappa shape index (κ1) is 29.9. The summed E-state index contributed by atoms with van der Waals surface area (Å²) in [6.07, 6.45) is 0. The summed E-state index contributed by atoms with van der Waals surface area (Å²) in [5.74, 6) is 0. The van der Waals surface area contributed by atoms with Gasteiger partial charge in [-0.15, -0.1) is 11.3 Å². The number of benzene rings is 9. The predicted octanol–water partition coefficient (Wildman–Crippen LogP) is 14.5. The van der Waals surface area contributed by atoms with Crippen LogP contribution in [0.15, 0.2) is 186 Å². The van der Waals surface area contributed by atoms with Gasteiger partial charge in [-0.2, -0.15) is 0 Å². The van der Waals surface area contributed by atoms with Crippen LogP contribution in [0.2, 0.25) is 0 Å². The fourth-order valence-electron chi connectivity index (χ4n) is 7.88. The summed E-state index contributed by atoms with van der Waals surface area (Å²) in [4.78, 5) is 7.74. The van der Waals surface area contributed by atoms with Crippen molar-refractivity contribution in [2.45, 2.75) is 0 Å². The lowest BCUT2D eigenvalue weighted by atomic mass is 9.99. The van der Waals surface area contributed by atoms with Crippen molar-refractivity contribution in [1.82, 2.24) is 4.98 Å². The SMILES string of the molecule is c1ccc(-c2ccc(N(c3ccc4ccccc4c3)c3ccc4c(c3)c3ccccc3c3sc(-c5ccc6oc7ccccc7c6c5)nc43)cc2)cc1. The van der Waals surface area contributed by atoms with E-state index in [0.29, 0.717) is 0 Å². The second-order valence-electron chi connectivity index (χ2n) is 13.6. The molecular formula is C49H30N2OS. The molecule has 0 N–H and O–H groups in total. The Labute approximate surface area is 309 Å². The first-order chi connectivity index (χ1) is 26.2. The van der Waals surface area contributed by atoms with E-state index in [1.54, 1.807) is 11.3 Å². The minimum absolute atomic E-state index is 0.894. The van der Waals surface area contributed by atoms with Gasteiger partial charge in [0.05, 0.1) is 10.2 Å². The lowest BCUT2D eigenvalue weighted by Crippen LogP contribution is -2.10. The molecule has 0 aliphatic carbocycles. The molecule has 53 heavy (non-hydrogen) atoms. The predicted molar refractivity (Wildman–Crippen MR) is 225 cm³/mol. The Morgan fingerprint density at radius 2 is 1.04 bits per heavy atom. The van der Waals surface area contributed by atoms with E-state index in [4.69, 9.17) is 9.40 Å². The topological polar surface area (TPSA) is 29.3 Å². The van der Waals surface area contributed by atoms with Crippen LogP contribution >= 0.6 is 11.3 Å². The van der Waals surface area contributed by atoms with Gasteiger partial charge in [0.25, 0.3) is 0 Å². The molecule has 11 aromatic rings. The van der Waals surface area contributed by atoms with E-state index in [9.17, 15) is 0 Å². The van der Waals surface area contributed by atoms with Crippen molar-refractivity contribution in [2.24, 2.45) is 0 Å². The van der Waals surface area contributed by atoms with Gasteiger partial charge in [0.2, 0.25) is 0 Å². The number of aromatic nitrogens is 1. The molecule has 0 spiro atoms. The van der Waals surface area contributed by atoms with E-state index in [-0.39, 0.29) is 0 Å². The highest BCUT2D eigenvalue weighted by Crippen LogP contribution is 2.45. The van der Waals surface area contributed by atoms with E-state index in [1.807, 2.05) is 12.1 Å². The van der Waals surface area contributed by atoms with Gasteiger partial charge in [-0.05, 0) is 93.3 Å². The van der Waals surface area contributed by atoms with Crippen LogP contribution in [0, 0.1) is 0 Å². The number of thiazole rings is 1. The smallest absolute Gasteiger partial charge is 0.135 e. The van der Waals surface area contributed by atoms with Crippen LogP contribution in [0.1, 0.15) is 0 Å². The summed E-state index contributed by atoms with van der Waals surface area (Å²) < 4.78 is 7.34. The Morgan fingerprint density at radius 1 is 0.396 bits per heavy atom. The van der Waals surface area contributed by atoms with Gasteiger partial charge in [0.15, 0.2) is 0 Å². The van der Waals surface area contributed by atoms with E-state index in [1.165, 1.54) is 42.8 Å². The third kappa shape index (κ3) is 4.91. The molecule has 0 saturated carbocycles. The molecule has 0 fully saturated rings. The molecule has 11 rings (SSSR count). The van der Waals surface area contributed by atoms with Gasteiger partial charge in [-0.1, -0.05) is 121 Å². The Hall–Kier alpha value is -6.75. The minimum Gasteiger partial charge on any atom is -0.456 e. The van der Waals surface area contributed by atoms with Gasteiger partial charge < -0.3 is 9.32 Å². The van der Waals surface area contributed by atoms with Crippen LogP contribution < -0.4 is 4.90 Å². The Balaban J connectivity index is 1.10. The summed E-state index contributed by atoms with van der Waals surface area (Å²) in [7, 11) is 0. The van der Waals surface area contributed by atoms with Crippen LogP contribution in [0.4, 0.5) is 17.1 Å². The zero-order chi connectivity index (χ0) is 34.9. The van der Waals surface area contributed by atoms with Crippen molar-refractivity contribution in [3.8, 4) is 21.7 Å². The standard InChI is InChI=1S/C49H30N2OS/c1-2-10-31(11-3-1)33-18-22-36(23-19-33)51(37-24-20-32-12-4-5-13-34(32)28-37)38-25-26-41-43(30-38)39-14-6-7-16-42(39)48-47(41)50-49(53-48)35-21-27-46-44(29-35)40-15-8-9-17-45(40)52-46/h1-30H. The van der Waals surface area contributed by atoms with Gasteiger partial charge in [-0.3, -0.25) is 0 Å². The number of fused-ring (bicyclic) bond motifs is 10. The van der Waals surface area contributed by atoms with Gasteiger partial charge in [0, 0.05) is 44.2 Å². The van der Waals surface area contributed by atoms with Crippen LogP contribution in [0.25, 0.3) is 86.2 Å². The maximum absolute atomic E-state index is 6.14. The van der Waals surface area contributed by atoms with Crippen molar-refractivity contribution in [3.63, 3.8) is 0 Å². The quantitative estimate of drug-likeness (QED) is 0.168. The van der Waals surface area contributed by atoms with Crippen LogP contribution in [0.5, 0.6) is 0 Å². The summed E-state index contributed by atoms with van der Waals surface area (Å²) in [5.41, 5.74) is 9.63. The molecule has 0 bridgehead atoms. The van der Waals surface area contributed by atoms with E-state index >= 15 is 0 Å². The molecule has 0 atom stereocenters. The molecular weight excluding hydrogens is 665 g/mol. The van der Waals surface area contributed by atoms with Crippen LogP contribution in [-0.4, -0.2) is 4.98 Å². The second-order valence-corrected chi connectivity index (χ2v) is 14.6. The largest absolute Gasteiger partial charge is 0.456 e. The molecule has 4 heteroatoms. The molecule has 0 unspecified atom stereocenters. The first-order valence-corrected chi connectivity index (χ1v) is 18.7. The van der Waals surface area contributed by atoms with Gasteiger partial charge >= 0.3 is 0 Å². The number of rotatable bonds is 5. The molecule has 0 aliphatic rings. The molecule has 0 radical (unpaired) electrons. The van der Waals surface area contributed by atoms with Gasteiger partial charge in [-0.25, -0.2) is 4.98 Å². The molecule has 3 nitrogen and oxygen atoms in total. The maximum atomic E-state index is 6.14. The van der Waals surface area contributed by atoms with Crippen molar-refractivity contribution >= 4 is 92.9 Å². The minimum atomic E-state index is 0.894. The van der Waals surface area contributed by atoms with Crippen LogP contribution in [0.3, 0.4) is 0 Å². The zero-order valence-corrected chi connectivity index (χ0v) is 29.3.